The average molecular weight is 228 g/mol. The Morgan fingerprint density at radius 2 is 2.06 bits per heavy atom. The highest BCUT2D eigenvalue weighted by Crippen LogP contribution is 2.28. The van der Waals surface area contributed by atoms with Gasteiger partial charge in [0.05, 0.1) is 13.2 Å². The van der Waals surface area contributed by atoms with Crippen molar-refractivity contribution < 1.29 is 9.53 Å². The second kappa shape index (κ2) is 4.72. The highest BCUT2D eigenvalue weighted by Gasteiger charge is 2.44. The van der Waals surface area contributed by atoms with Crippen molar-refractivity contribution in [1.82, 2.24) is 5.32 Å². The van der Waals surface area contributed by atoms with Crippen molar-refractivity contribution in [2.45, 2.75) is 27.7 Å². The number of amides is 1. The van der Waals surface area contributed by atoms with Gasteiger partial charge < -0.3 is 15.8 Å². The number of nitrogens with two attached hydrogens (primary N) is 1. The Morgan fingerprint density at radius 3 is 2.38 bits per heavy atom. The molecular weight excluding hydrogens is 204 g/mol. The van der Waals surface area contributed by atoms with Crippen LogP contribution in [-0.4, -0.2) is 32.2 Å². The molecule has 4 heteroatoms. The molecule has 1 rings (SSSR count). The zero-order valence-electron chi connectivity index (χ0n) is 10.8. The molecule has 0 bridgehead atoms. The normalized spacial score (nSPS) is 19.4. The molecule has 1 fully saturated rings. The van der Waals surface area contributed by atoms with E-state index in [0.29, 0.717) is 32.2 Å². The Labute approximate surface area is 97.9 Å². The minimum atomic E-state index is -0.465. The molecule has 1 aliphatic heterocycles. The smallest absolute Gasteiger partial charge is 0.232 e. The van der Waals surface area contributed by atoms with Crippen LogP contribution in [0.15, 0.2) is 0 Å². The summed E-state index contributed by atoms with van der Waals surface area (Å²) in [6.45, 7) is 10.6. The summed E-state index contributed by atoms with van der Waals surface area (Å²) in [5, 5.41) is 3.00. The molecule has 3 N–H and O–H groups in total. The van der Waals surface area contributed by atoms with Crippen molar-refractivity contribution in [2.75, 3.05) is 26.3 Å². The molecule has 16 heavy (non-hydrogen) atoms. The fourth-order valence-corrected chi connectivity index (χ4v) is 1.39. The number of nitrogens with one attached hydrogen (secondary N) is 1. The van der Waals surface area contributed by atoms with E-state index < -0.39 is 5.41 Å². The van der Waals surface area contributed by atoms with E-state index >= 15 is 0 Å². The molecule has 0 unspecified atom stereocenters. The molecule has 0 aliphatic carbocycles. The van der Waals surface area contributed by atoms with E-state index in [-0.39, 0.29) is 11.3 Å². The summed E-state index contributed by atoms with van der Waals surface area (Å²) in [6, 6.07) is 0. The predicted molar refractivity (Wildman–Crippen MR) is 63.9 cm³/mol. The zero-order valence-corrected chi connectivity index (χ0v) is 10.8. The summed E-state index contributed by atoms with van der Waals surface area (Å²) < 4.78 is 5.09. The van der Waals surface area contributed by atoms with Crippen LogP contribution >= 0.6 is 0 Å². The minimum Gasteiger partial charge on any atom is -0.379 e. The lowest BCUT2D eigenvalue weighted by Gasteiger charge is -2.40. The van der Waals surface area contributed by atoms with Crippen LogP contribution in [0, 0.1) is 16.7 Å². The number of ether oxygens (including phenoxy) is 1. The monoisotopic (exact) mass is 228 g/mol. The molecule has 1 saturated heterocycles. The van der Waals surface area contributed by atoms with E-state index in [2.05, 4.69) is 33.0 Å². The highest BCUT2D eigenvalue weighted by atomic mass is 16.5. The topological polar surface area (TPSA) is 64.4 Å². The Kier molecular flexibility index (Phi) is 3.97. The molecule has 1 aliphatic rings. The minimum absolute atomic E-state index is 0.0370. The Morgan fingerprint density at radius 1 is 1.50 bits per heavy atom. The number of carbonyl (C=O) groups is 1. The Hall–Kier alpha value is -0.610. The lowest BCUT2D eigenvalue weighted by atomic mass is 9.80. The van der Waals surface area contributed by atoms with E-state index in [1.54, 1.807) is 0 Å². The van der Waals surface area contributed by atoms with Crippen molar-refractivity contribution >= 4 is 5.91 Å². The number of rotatable bonds is 5. The van der Waals surface area contributed by atoms with Crippen LogP contribution in [0.5, 0.6) is 0 Å². The van der Waals surface area contributed by atoms with Gasteiger partial charge in [0.15, 0.2) is 0 Å². The Bertz CT molecular complexity index is 252. The summed E-state index contributed by atoms with van der Waals surface area (Å²) >= 11 is 0. The first-order valence-electron chi connectivity index (χ1n) is 5.90. The van der Waals surface area contributed by atoms with E-state index in [9.17, 15) is 4.79 Å². The first-order valence-corrected chi connectivity index (χ1v) is 5.90. The standard InChI is InChI=1S/C12H24N2O2/c1-9(2)11(3,4)6-14-10(15)12(5-13)7-16-8-12/h9H,5-8,13H2,1-4H3,(H,14,15). The summed E-state index contributed by atoms with van der Waals surface area (Å²) in [5.41, 5.74) is 5.27. The van der Waals surface area contributed by atoms with Gasteiger partial charge in [-0.1, -0.05) is 27.7 Å². The van der Waals surface area contributed by atoms with Crippen LogP contribution in [0.3, 0.4) is 0 Å². The number of hydrogen-bond acceptors (Lipinski definition) is 3. The molecule has 1 amide bonds. The highest BCUT2D eigenvalue weighted by molar-refractivity contribution is 5.84. The van der Waals surface area contributed by atoms with Gasteiger partial charge in [-0.25, -0.2) is 0 Å². The molecule has 0 aromatic rings. The predicted octanol–water partition coefficient (Wildman–Crippen LogP) is 0.760. The SMILES string of the molecule is CC(C)C(C)(C)CNC(=O)C1(CN)COC1. The van der Waals surface area contributed by atoms with Crippen molar-refractivity contribution in [3.8, 4) is 0 Å². The van der Waals surface area contributed by atoms with Gasteiger partial charge in [-0.2, -0.15) is 0 Å². The molecule has 0 spiro atoms. The van der Waals surface area contributed by atoms with Gasteiger partial charge in [-0.15, -0.1) is 0 Å². The van der Waals surface area contributed by atoms with Gasteiger partial charge in [0.2, 0.25) is 5.91 Å². The first kappa shape index (κ1) is 13.5. The first-order chi connectivity index (χ1) is 7.34. The second-order valence-electron chi connectivity index (χ2n) is 5.80. The van der Waals surface area contributed by atoms with Gasteiger partial charge >= 0.3 is 0 Å². The molecule has 0 saturated carbocycles. The van der Waals surface area contributed by atoms with Crippen molar-refractivity contribution in [2.24, 2.45) is 22.5 Å². The van der Waals surface area contributed by atoms with Crippen LogP contribution in [0.25, 0.3) is 0 Å². The van der Waals surface area contributed by atoms with Gasteiger partial charge in [0, 0.05) is 13.1 Å². The van der Waals surface area contributed by atoms with Gasteiger partial charge in [0.25, 0.3) is 0 Å². The molecule has 1 heterocycles. The maximum Gasteiger partial charge on any atom is 0.232 e. The van der Waals surface area contributed by atoms with E-state index in [1.165, 1.54) is 0 Å². The maximum atomic E-state index is 12.0. The summed E-state index contributed by atoms with van der Waals surface area (Å²) in [6.07, 6.45) is 0. The van der Waals surface area contributed by atoms with Crippen LogP contribution in [0.4, 0.5) is 0 Å². The lowest BCUT2D eigenvalue weighted by molar-refractivity contribution is -0.159. The fraction of sp³-hybridized carbons (Fsp3) is 0.917. The van der Waals surface area contributed by atoms with E-state index in [0.717, 1.165) is 0 Å². The fourth-order valence-electron chi connectivity index (χ4n) is 1.39. The third kappa shape index (κ3) is 2.55. The maximum absolute atomic E-state index is 12.0. The van der Waals surface area contributed by atoms with Crippen LogP contribution in [0.1, 0.15) is 27.7 Å². The molecule has 0 atom stereocenters. The average Bonchev–Trinajstić information content (AvgIpc) is 2.14. The summed E-state index contributed by atoms with van der Waals surface area (Å²) in [7, 11) is 0. The van der Waals surface area contributed by atoms with Crippen LogP contribution in [-0.2, 0) is 9.53 Å². The second-order valence-corrected chi connectivity index (χ2v) is 5.80. The van der Waals surface area contributed by atoms with Gasteiger partial charge in [0.1, 0.15) is 5.41 Å². The number of carbonyl (C=O) groups excluding carboxylic acids is 1. The van der Waals surface area contributed by atoms with E-state index in [1.807, 2.05) is 0 Å². The number of hydrogen-bond donors (Lipinski definition) is 2. The molecular formula is C12H24N2O2. The van der Waals surface area contributed by atoms with Crippen LogP contribution < -0.4 is 11.1 Å². The molecule has 0 aromatic heterocycles. The van der Waals surface area contributed by atoms with Crippen LogP contribution in [0.2, 0.25) is 0 Å². The third-order valence-corrected chi connectivity index (χ3v) is 3.90. The zero-order chi connectivity index (χ0) is 12.4. The lowest BCUT2D eigenvalue weighted by Crippen LogP contribution is -2.59. The van der Waals surface area contributed by atoms with Crippen molar-refractivity contribution in [3.05, 3.63) is 0 Å². The summed E-state index contributed by atoms with van der Waals surface area (Å²) in [4.78, 5) is 12.0. The van der Waals surface area contributed by atoms with Gasteiger partial charge in [-0.3, -0.25) is 4.79 Å². The molecule has 0 radical (unpaired) electrons. The van der Waals surface area contributed by atoms with Gasteiger partial charge in [-0.05, 0) is 11.3 Å². The Balaban J connectivity index is 2.47. The van der Waals surface area contributed by atoms with Crippen molar-refractivity contribution in [3.63, 3.8) is 0 Å². The molecule has 94 valence electrons. The third-order valence-electron chi connectivity index (χ3n) is 3.90. The van der Waals surface area contributed by atoms with E-state index in [4.69, 9.17) is 10.5 Å². The molecule has 4 nitrogen and oxygen atoms in total. The van der Waals surface area contributed by atoms with Crippen molar-refractivity contribution in [1.29, 1.82) is 0 Å². The summed E-state index contributed by atoms with van der Waals surface area (Å²) in [5.74, 6) is 0.564. The quantitative estimate of drug-likeness (QED) is 0.730. The molecule has 0 aromatic carbocycles. The largest absolute Gasteiger partial charge is 0.379 e.